The number of hydrogen-bond acceptors (Lipinski definition) is 8. The summed E-state index contributed by atoms with van der Waals surface area (Å²) in [6.45, 7) is 5.28. The number of rotatable bonds is 17. The highest BCUT2D eigenvalue weighted by molar-refractivity contribution is 7.89. The van der Waals surface area contributed by atoms with Gasteiger partial charge in [0.1, 0.15) is 6.04 Å². The van der Waals surface area contributed by atoms with E-state index in [1.807, 2.05) is 30.3 Å². The predicted molar refractivity (Wildman–Crippen MR) is 159 cm³/mol. The van der Waals surface area contributed by atoms with Crippen molar-refractivity contribution in [3.8, 4) is 0 Å². The van der Waals surface area contributed by atoms with E-state index in [0.717, 1.165) is 5.56 Å². The smallest absolute Gasteiger partial charge is 0.246 e. The summed E-state index contributed by atoms with van der Waals surface area (Å²) in [4.78, 5) is 40.4. The van der Waals surface area contributed by atoms with E-state index in [4.69, 9.17) is 17.2 Å². The lowest BCUT2D eigenvalue weighted by molar-refractivity contribution is -0.134. The van der Waals surface area contributed by atoms with E-state index in [-0.39, 0.29) is 36.7 Å². The van der Waals surface area contributed by atoms with Crippen molar-refractivity contribution < 1.29 is 22.8 Å². The van der Waals surface area contributed by atoms with Crippen LogP contribution in [0.1, 0.15) is 32.3 Å². The van der Waals surface area contributed by atoms with Gasteiger partial charge < -0.3 is 32.7 Å². The normalized spacial score (nSPS) is 12.9. The SMILES string of the molecule is CCN(CC)S(=O)(=O)c1ccc(NC(=O)[C@H](CCc2ccccc2)NC(=O)[C@@H](N)CC(=O)N(CCN)CCN)cc1. The molecule has 0 radical (unpaired) electrons. The number of hydrogen-bond donors (Lipinski definition) is 5. The first-order chi connectivity index (χ1) is 19.6. The van der Waals surface area contributed by atoms with Crippen molar-refractivity contribution in [1.29, 1.82) is 0 Å². The van der Waals surface area contributed by atoms with Crippen LogP contribution in [0.2, 0.25) is 0 Å². The van der Waals surface area contributed by atoms with Gasteiger partial charge in [-0.3, -0.25) is 14.4 Å². The van der Waals surface area contributed by atoms with Crippen LogP contribution < -0.4 is 27.8 Å². The van der Waals surface area contributed by atoms with Gasteiger partial charge in [0.25, 0.3) is 0 Å². The molecule has 0 bridgehead atoms. The number of nitrogens with zero attached hydrogens (tertiary/aromatic N) is 2. The first-order valence-electron chi connectivity index (χ1n) is 13.8. The number of carbonyl (C=O) groups excluding carboxylic acids is 3. The van der Waals surface area contributed by atoms with E-state index in [9.17, 15) is 22.8 Å². The fourth-order valence-electron chi connectivity index (χ4n) is 4.24. The minimum absolute atomic E-state index is 0.113. The number of anilines is 1. The Kier molecular flexibility index (Phi) is 13.9. The monoisotopic (exact) mass is 589 g/mol. The van der Waals surface area contributed by atoms with E-state index in [1.54, 1.807) is 13.8 Å². The Morgan fingerprint density at radius 1 is 0.878 bits per heavy atom. The maximum atomic E-state index is 13.3. The second-order valence-electron chi connectivity index (χ2n) is 9.46. The van der Waals surface area contributed by atoms with Gasteiger partial charge in [0.05, 0.1) is 17.4 Å². The van der Waals surface area contributed by atoms with Gasteiger partial charge in [0.2, 0.25) is 27.7 Å². The zero-order chi connectivity index (χ0) is 30.4. The summed E-state index contributed by atoms with van der Waals surface area (Å²) < 4.78 is 26.9. The van der Waals surface area contributed by atoms with Crippen LogP contribution in [0.5, 0.6) is 0 Å². The zero-order valence-corrected chi connectivity index (χ0v) is 24.6. The van der Waals surface area contributed by atoms with Crippen molar-refractivity contribution in [2.45, 2.75) is 50.1 Å². The Labute approximate surface area is 242 Å². The molecule has 3 amide bonds. The molecule has 0 aliphatic heterocycles. The lowest BCUT2D eigenvalue weighted by Crippen LogP contribution is -2.52. The van der Waals surface area contributed by atoms with Crippen molar-refractivity contribution in [3.63, 3.8) is 0 Å². The van der Waals surface area contributed by atoms with Gasteiger partial charge in [-0.15, -0.1) is 0 Å². The minimum Gasteiger partial charge on any atom is -0.343 e. The van der Waals surface area contributed by atoms with Crippen LogP contribution in [0.4, 0.5) is 5.69 Å². The van der Waals surface area contributed by atoms with E-state index >= 15 is 0 Å². The molecule has 2 aromatic rings. The number of amides is 3. The number of carbonyl (C=O) groups is 3. The molecule has 0 saturated carbocycles. The third-order valence-electron chi connectivity index (χ3n) is 6.54. The van der Waals surface area contributed by atoms with Gasteiger partial charge in [0, 0.05) is 45.0 Å². The topological polar surface area (TPSA) is 194 Å². The van der Waals surface area contributed by atoms with Crippen molar-refractivity contribution in [2.75, 3.05) is 44.6 Å². The van der Waals surface area contributed by atoms with Crippen LogP contribution in [0, 0.1) is 0 Å². The van der Waals surface area contributed by atoms with Gasteiger partial charge in [-0.05, 0) is 42.7 Å². The number of aryl methyl sites for hydroxylation is 1. The molecule has 0 saturated heterocycles. The van der Waals surface area contributed by atoms with Crippen LogP contribution in [0.15, 0.2) is 59.5 Å². The maximum absolute atomic E-state index is 13.3. The molecule has 2 atom stereocenters. The highest BCUT2D eigenvalue weighted by Crippen LogP contribution is 2.19. The molecule has 13 heteroatoms. The summed E-state index contributed by atoms with van der Waals surface area (Å²) in [7, 11) is -3.65. The van der Waals surface area contributed by atoms with Crippen molar-refractivity contribution in [2.24, 2.45) is 17.2 Å². The van der Waals surface area contributed by atoms with Crippen molar-refractivity contribution in [3.05, 3.63) is 60.2 Å². The number of nitrogens with two attached hydrogens (primary N) is 3. The molecule has 0 spiro atoms. The molecule has 2 aromatic carbocycles. The third-order valence-corrected chi connectivity index (χ3v) is 8.61. The van der Waals surface area contributed by atoms with Gasteiger partial charge in [-0.2, -0.15) is 4.31 Å². The molecule has 2 rings (SSSR count). The summed E-state index contributed by atoms with van der Waals surface area (Å²) in [5.74, 6) is -1.50. The van der Waals surface area contributed by atoms with Crippen LogP contribution in [-0.4, -0.2) is 86.7 Å². The molecule has 8 N–H and O–H groups in total. The molecule has 0 fully saturated rings. The molecule has 12 nitrogen and oxygen atoms in total. The lowest BCUT2D eigenvalue weighted by atomic mass is 10.0. The lowest BCUT2D eigenvalue weighted by Gasteiger charge is -2.24. The van der Waals surface area contributed by atoms with Gasteiger partial charge >= 0.3 is 0 Å². The summed E-state index contributed by atoms with van der Waals surface area (Å²) >= 11 is 0. The second-order valence-corrected chi connectivity index (χ2v) is 11.4. The van der Waals surface area contributed by atoms with Gasteiger partial charge in [-0.1, -0.05) is 44.2 Å². The Morgan fingerprint density at radius 3 is 2.00 bits per heavy atom. The fourth-order valence-corrected chi connectivity index (χ4v) is 5.70. The Balaban J connectivity index is 2.15. The largest absolute Gasteiger partial charge is 0.343 e. The Bertz CT molecular complexity index is 1220. The van der Waals surface area contributed by atoms with Gasteiger partial charge in [-0.25, -0.2) is 8.42 Å². The molecule has 0 heterocycles. The summed E-state index contributed by atoms with van der Waals surface area (Å²) in [6, 6.07) is 13.2. The summed E-state index contributed by atoms with van der Waals surface area (Å²) in [6.07, 6.45) is 0.500. The first kappa shape index (κ1) is 33.8. The van der Waals surface area contributed by atoms with Crippen molar-refractivity contribution >= 4 is 33.4 Å². The number of sulfonamides is 1. The predicted octanol–water partition coefficient (Wildman–Crippen LogP) is 0.237. The quantitative estimate of drug-likeness (QED) is 0.173. The van der Waals surface area contributed by atoms with E-state index < -0.39 is 33.9 Å². The van der Waals surface area contributed by atoms with Gasteiger partial charge in [0.15, 0.2) is 0 Å². The number of nitrogens with one attached hydrogen (secondary N) is 2. The average Bonchev–Trinajstić information content (AvgIpc) is 2.96. The van der Waals surface area contributed by atoms with Crippen LogP contribution in [0.3, 0.4) is 0 Å². The highest BCUT2D eigenvalue weighted by Gasteiger charge is 2.27. The molecule has 0 unspecified atom stereocenters. The van der Waals surface area contributed by atoms with E-state index in [1.165, 1.54) is 33.5 Å². The third kappa shape index (κ3) is 10.2. The van der Waals surface area contributed by atoms with Crippen LogP contribution in [-0.2, 0) is 30.8 Å². The fraction of sp³-hybridized carbons (Fsp3) is 0.464. The molecule has 0 aliphatic rings. The molecule has 41 heavy (non-hydrogen) atoms. The summed E-state index contributed by atoms with van der Waals surface area (Å²) in [5.41, 5.74) is 18.5. The zero-order valence-electron chi connectivity index (χ0n) is 23.8. The average molecular weight is 590 g/mol. The molecule has 0 aliphatic carbocycles. The van der Waals surface area contributed by atoms with E-state index in [0.29, 0.717) is 38.3 Å². The molecule has 226 valence electrons. The molecular formula is C28H43N7O5S. The van der Waals surface area contributed by atoms with Crippen LogP contribution in [0.25, 0.3) is 0 Å². The highest BCUT2D eigenvalue weighted by atomic mass is 32.2. The van der Waals surface area contributed by atoms with E-state index in [2.05, 4.69) is 10.6 Å². The Morgan fingerprint density at radius 2 is 1.46 bits per heavy atom. The van der Waals surface area contributed by atoms with Crippen molar-refractivity contribution in [1.82, 2.24) is 14.5 Å². The van der Waals surface area contributed by atoms with Crippen LogP contribution >= 0.6 is 0 Å². The molecule has 0 aromatic heterocycles. The second kappa shape index (κ2) is 16.8. The summed E-state index contributed by atoms with van der Waals surface area (Å²) in [5, 5.41) is 5.43. The minimum atomic E-state index is -3.65. The standard InChI is InChI=1S/C28H43N7O5S/c1-3-35(4-2)41(39,40)23-13-11-22(12-14-23)32-28(38)25(15-10-21-8-6-5-7-9-21)33-27(37)24(31)20-26(36)34(18-16-29)19-17-30/h5-9,11-14,24-25H,3-4,10,15-20,29-31H2,1-2H3,(H,32,38)(H,33,37)/t24-,25-/m0/s1. The number of benzene rings is 2. The Hall–Kier alpha value is -3.36. The maximum Gasteiger partial charge on any atom is 0.246 e. The molecular weight excluding hydrogens is 546 g/mol. The first-order valence-corrected chi connectivity index (χ1v) is 15.2.